The summed E-state index contributed by atoms with van der Waals surface area (Å²) in [5, 5.41) is 16.1. The molecule has 0 bridgehead atoms. The van der Waals surface area contributed by atoms with Gasteiger partial charge in [0.2, 0.25) is 0 Å². The summed E-state index contributed by atoms with van der Waals surface area (Å²) in [5.74, 6) is -0.879. The molecule has 1 rings (SSSR count). The van der Waals surface area contributed by atoms with Gasteiger partial charge in [-0.2, -0.15) is 0 Å². The Morgan fingerprint density at radius 1 is 1.20 bits per heavy atom. The van der Waals surface area contributed by atoms with Gasteiger partial charge in [-0.25, -0.2) is 9.59 Å². The average Bonchev–Trinajstić information content (AvgIpc) is 2.20. The number of carboxylic acid groups (broad SMARTS) is 2. The average molecular weight is 212 g/mol. The molecule has 0 aliphatic heterocycles. The quantitative estimate of drug-likeness (QED) is 0.733. The normalized spacial score (nSPS) is 8.33. The Balaban J connectivity index is 0.000000288. The van der Waals surface area contributed by atoms with E-state index in [0.717, 1.165) is 0 Å². The van der Waals surface area contributed by atoms with E-state index in [1.165, 1.54) is 0 Å². The first-order chi connectivity index (χ1) is 7.07. The summed E-state index contributed by atoms with van der Waals surface area (Å²) in [6.45, 7) is 1.85. The summed E-state index contributed by atoms with van der Waals surface area (Å²) in [4.78, 5) is 19.6. The molecule has 0 unspecified atom stereocenters. The molecule has 0 saturated carbocycles. The molecule has 1 aromatic carbocycles. The van der Waals surface area contributed by atoms with Crippen molar-refractivity contribution in [2.75, 3.05) is 6.61 Å². The highest BCUT2D eigenvalue weighted by molar-refractivity contribution is 5.87. The molecule has 5 heteroatoms. The van der Waals surface area contributed by atoms with Gasteiger partial charge in [0.15, 0.2) is 0 Å². The van der Waals surface area contributed by atoms with Crippen LogP contribution in [0, 0.1) is 0 Å². The van der Waals surface area contributed by atoms with Gasteiger partial charge in [-0.3, -0.25) is 0 Å². The maximum absolute atomic E-state index is 10.2. The van der Waals surface area contributed by atoms with Gasteiger partial charge in [0, 0.05) is 0 Å². The minimum absolute atomic E-state index is 0.231. The van der Waals surface area contributed by atoms with Crippen molar-refractivity contribution >= 4 is 12.1 Å². The third-order valence-electron chi connectivity index (χ3n) is 1.29. The number of rotatable bonds is 2. The van der Waals surface area contributed by atoms with Crippen molar-refractivity contribution in [1.82, 2.24) is 0 Å². The van der Waals surface area contributed by atoms with E-state index in [1.54, 1.807) is 37.3 Å². The number of aromatic carboxylic acids is 1. The van der Waals surface area contributed by atoms with Crippen LogP contribution in [0.25, 0.3) is 0 Å². The maximum atomic E-state index is 10.2. The third-order valence-corrected chi connectivity index (χ3v) is 1.29. The maximum Gasteiger partial charge on any atom is 0.505 e. The van der Waals surface area contributed by atoms with Gasteiger partial charge in [0.1, 0.15) is 0 Å². The number of benzene rings is 1. The molecular formula is C10H12O5. The van der Waals surface area contributed by atoms with E-state index in [-0.39, 0.29) is 6.61 Å². The van der Waals surface area contributed by atoms with E-state index in [9.17, 15) is 9.59 Å². The Morgan fingerprint density at radius 3 is 1.93 bits per heavy atom. The molecule has 0 aromatic heterocycles. The summed E-state index contributed by atoms with van der Waals surface area (Å²) in [6, 6.07) is 8.30. The first-order valence-corrected chi connectivity index (χ1v) is 4.22. The Morgan fingerprint density at radius 2 is 1.73 bits per heavy atom. The Hall–Kier alpha value is -2.04. The van der Waals surface area contributed by atoms with E-state index in [1.807, 2.05) is 0 Å². The topological polar surface area (TPSA) is 83.8 Å². The van der Waals surface area contributed by atoms with Gasteiger partial charge in [0.05, 0.1) is 12.2 Å². The van der Waals surface area contributed by atoms with Crippen molar-refractivity contribution in [3.05, 3.63) is 35.9 Å². The van der Waals surface area contributed by atoms with Crippen molar-refractivity contribution < 1.29 is 24.5 Å². The molecule has 2 N–H and O–H groups in total. The second-order valence-electron chi connectivity index (χ2n) is 2.37. The molecule has 15 heavy (non-hydrogen) atoms. The van der Waals surface area contributed by atoms with E-state index in [4.69, 9.17) is 10.2 Å². The van der Waals surface area contributed by atoms with Crippen molar-refractivity contribution in [3.8, 4) is 0 Å². The van der Waals surface area contributed by atoms with Crippen LogP contribution in [0.4, 0.5) is 4.79 Å². The van der Waals surface area contributed by atoms with Crippen LogP contribution in [-0.4, -0.2) is 28.9 Å². The molecule has 5 nitrogen and oxygen atoms in total. The zero-order valence-corrected chi connectivity index (χ0v) is 8.21. The third kappa shape index (κ3) is 7.06. The molecule has 0 aliphatic rings. The van der Waals surface area contributed by atoms with Crippen LogP contribution in [0.5, 0.6) is 0 Å². The fourth-order valence-electron chi connectivity index (χ4n) is 0.704. The zero-order valence-electron chi connectivity index (χ0n) is 8.21. The van der Waals surface area contributed by atoms with Crippen molar-refractivity contribution in [3.63, 3.8) is 0 Å². The molecule has 82 valence electrons. The standard InChI is InChI=1S/C7H6O2.C3H6O3/c8-7(9)6-4-2-1-3-5-6;1-2-6-3(4)5/h1-5H,(H,8,9);2H2,1H3,(H,4,5). The van der Waals surface area contributed by atoms with E-state index < -0.39 is 12.1 Å². The number of hydrogen-bond donors (Lipinski definition) is 2. The lowest BCUT2D eigenvalue weighted by molar-refractivity contribution is 0.0696. The van der Waals surface area contributed by atoms with Crippen molar-refractivity contribution in [1.29, 1.82) is 0 Å². The van der Waals surface area contributed by atoms with Crippen molar-refractivity contribution in [2.24, 2.45) is 0 Å². The Bertz CT molecular complexity index is 307. The highest BCUT2D eigenvalue weighted by atomic mass is 16.7. The number of ether oxygens (including phenoxy) is 1. The number of hydrogen-bond acceptors (Lipinski definition) is 3. The van der Waals surface area contributed by atoms with Gasteiger partial charge in [-0.05, 0) is 19.1 Å². The van der Waals surface area contributed by atoms with Crippen molar-refractivity contribution in [2.45, 2.75) is 6.92 Å². The van der Waals surface area contributed by atoms with E-state index in [0.29, 0.717) is 5.56 Å². The molecule has 0 aliphatic carbocycles. The minimum Gasteiger partial charge on any atom is -0.478 e. The fourth-order valence-corrected chi connectivity index (χ4v) is 0.704. The van der Waals surface area contributed by atoms with E-state index in [2.05, 4.69) is 4.74 Å². The van der Waals surface area contributed by atoms with Gasteiger partial charge in [-0.1, -0.05) is 18.2 Å². The van der Waals surface area contributed by atoms with Crippen LogP contribution in [0.3, 0.4) is 0 Å². The fraction of sp³-hybridized carbons (Fsp3) is 0.200. The molecule has 0 fully saturated rings. The number of carbonyl (C=O) groups is 2. The van der Waals surface area contributed by atoms with Crippen LogP contribution in [0.2, 0.25) is 0 Å². The van der Waals surface area contributed by atoms with Crippen LogP contribution < -0.4 is 0 Å². The molecule has 1 aromatic rings. The lowest BCUT2D eigenvalue weighted by atomic mass is 10.2. The summed E-state index contributed by atoms with van der Waals surface area (Å²) >= 11 is 0. The summed E-state index contributed by atoms with van der Waals surface area (Å²) in [5.41, 5.74) is 0.331. The monoisotopic (exact) mass is 212 g/mol. The Labute approximate surface area is 86.9 Å². The minimum atomic E-state index is -1.21. The smallest absolute Gasteiger partial charge is 0.478 e. The first-order valence-electron chi connectivity index (χ1n) is 4.22. The van der Waals surface area contributed by atoms with Gasteiger partial charge in [0.25, 0.3) is 0 Å². The Kier molecular flexibility index (Phi) is 6.37. The van der Waals surface area contributed by atoms with Crippen LogP contribution in [-0.2, 0) is 4.74 Å². The van der Waals surface area contributed by atoms with Gasteiger partial charge >= 0.3 is 12.1 Å². The SMILES string of the molecule is CCOC(=O)O.O=C(O)c1ccccc1. The summed E-state index contributed by atoms with van der Waals surface area (Å²) in [7, 11) is 0. The molecule has 0 saturated heterocycles. The van der Waals surface area contributed by atoms with Crippen LogP contribution in [0.15, 0.2) is 30.3 Å². The largest absolute Gasteiger partial charge is 0.505 e. The van der Waals surface area contributed by atoms with Gasteiger partial charge < -0.3 is 14.9 Å². The zero-order chi connectivity index (χ0) is 11.7. The predicted octanol–water partition coefficient (Wildman–Crippen LogP) is 2.09. The van der Waals surface area contributed by atoms with Gasteiger partial charge in [-0.15, -0.1) is 0 Å². The second kappa shape index (κ2) is 7.37. The second-order valence-corrected chi connectivity index (χ2v) is 2.37. The highest BCUT2D eigenvalue weighted by Gasteiger charge is 1.96. The van der Waals surface area contributed by atoms with Crippen LogP contribution >= 0.6 is 0 Å². The lowest BCUT2D eigenvalue weighted by Crippen LogP contribution is -1.97. The number of carboxylic acids is 1. The predicted molar refractivity (Wildman–Crippen MR) is 53.1 cm³/mol. The molecular weight excluding hydrogens is 200 g/mol. The molecule has 0 radical (unpaired) electrons. The van der Waals surface area contributed by atoms with E-state index >= 15 is 0 Å². The molecule has 0 atom stereocenters. The lowest BCUT2D eigenvalue weighted by Gasteiger charge is -1.88. The highest BCUT2D eigenvalue weighted by Crippen LogP contribution is 1.96. The summed E-state index contributed by atoms with van der Waals surface area (Å²) in [6.07, 6.45) is -1.21. The molecule has 0 heterocycles. The molecule has 0 amide bonds. The first kappa shape index (κ1) is 13.0. The van der Waals surface area contributed by atoms with Crippen LogP contribution in [0.1, 0.15) is 17.3 Å². The molecule has 0 spiro atoms. The summed E-state index contributed by atoms with van der Waals surface area (Å²) < 4.78 is 3.96.